The molecule has 0 fully saturated rings. The molecule has 0 aromatic carbocycles. The molecule has 0 aliphatic carbocycles. The van der Waals surface area contributed by atoms with Gasteiger partial charge in [-0.15, -0.1) is 0 Å². The molecule has 0 saturated carbocycles. The van der Waals surface area contributed by atoms with Gasteiger partial charge in [0, 0.05) is 24.4 Å². The van der Waals surface area contributed by atoms with Gasteiger partial charge in [0.15, 0.2) is 0 Å². The van der Waals surface area contributed by atoms with Gasteiger partial charge in [-0.2, -0.15) is 0 Å². The van der Waals surface area contributed by atoms with Crippen LogP contribution in [-0.2, 0) is 12.0 Å². The quantitative estimate of drug-likeness (QED) is 0.933. The Morgan fingerprint density at radius 1 is 1.30 bits per heavy atom. The number of carbonyl (C=O) groups is 1. The van der Waals surface area contributed by atoms with Crippen LogP contribution >= 0.6 is 0 Å². The van der Waals surface area contributed by atoms with E-state index in [0.717, 1.165) is 5.56 Å². The van der Waals surface area contributed by atoms with Crippen molar-refractivity contribution in [2.24, 2.45) is 0 Å². The number of rotatable bonds is 3. The van der Waals surface area contributed by atoms with E-state index in [1.54, 1.807) is 19.3 Å². The van der Waals surface area contributed by atoms with E-state index < -0.39 is 0 Å². The summed E-state index contributed by atoms with van der Waals surface area (Å²) in [6.45, 7) is 8.22. The third-order valence-electron chi connectivity index (χ3n) is 3.00. The van der Waals surface area contributed by atoms with E-state index in [-0.39, 0.29) is 11.3 Å². The monoisotopic (exact) mass is 273 g/mol. The molecule has 0 radical (unpaired) electrons. The Kier molecular flexibility index (Phi) is 3.88. The van der Waals surface area contributed by atoms with Gasteiger partial charge in [-0.05, 0) is 24.6 Å². The minimum Gasteiger partial charge on any atom is -0.361 e. The van der Waals surface area contributed by atoms with E-state index in [0.29, 0.717) is 23.6 Å². The lowest BCUT2D eigenvalue weighted by atomic mass is 9.88. The van der Waals surface area contributed by atoms with Gasteiger partial charge in [-0.3, -0.25) is 9.78 Å². The van der Waals surface area contributed by atoms with Crippen molar-refractivity contribution in [2.75, 3.05) is 0 Å². The fourth-order valence-electron chi connectivity index (χ4n) is 1.92. The first-order valence-electron chi connectivity index (χ1n) is 6.53. The van der Waals surface area contributed by atoms with Crippen LogP contribution in [-0.4, -0.2) is 16.0 Å². The fraction of sp³-hybridized carbons (Fsp3) is 0.400. The molecule has 0 atom stereocenters. The van der Waals surface area contributed by atoms with Crippen molar-refractivity contribution in [3.63, 3.8) is 0 Å². The van der Waals surface area contributed by atoms with Gasteiger partial charge in [0.1, 0.15) is 17.0 Å². The fourth-order valence-corrected chi connectivity index (χ4v) is 1.92. The van der Waals surface area contributed by atoms with Crippen LogP contribution in [0.3, 0.4) is 0 Å². The second kappa shape index (κ2) is 5.45. The number of amides is 1. The molecule has 20 heavy (non-hydrogen) atoms. The second-order valence-electron chi connectivity index (χ2n) is 5.75. The van der Waals surface area contributed by atoms with Crippen LogP contribution in [0.5, 0.6) is 0 Å². The third-order valence-corrected chi connectivity index (χ3v) is 3.00. The molecular weight excluding hydrogens is 254 g/mol. The SMILES string of the molecule is Cc1onc(C(C)(C)C)c1C(=O)NCc1ccncc1. The van der Waals surface area contributed by atoms with Crippen molar-refractivity contribution in [1.29, 1.82) is 0 Å². The maximum atomic E-state index is 12.3. The zero-order valence-corrected chi connectivity index (χ0v) is 12.2. The average molecular weight is 273 g/mol. The lowest BCUT2D eigenvalue weighted by Gasteiger charge is -2.16. The van der Waals surface area contributed by atoms with E-state index in [9.17, 15) is 4.79 Å². The van der Waals surface area contributed by atoms with Crippen molar-refractivity contribution < 1.29 is 9.32 Å². The third kappa shape index (κ3) is 3.04. The highest BCUT2D eigenvalue weighted by Crippen LogP contribution is 2.26. The topological polar surface area (TPSA) is 68.0 Å². The Bertz CT molecular complexity index is 597. The molecule has 2 rings (SSSR count). The molecule has 0 saturated heterocycles. The zero-order chi connectivity index (χ0) is 14.8. The van der Waals surface area contributed by atoms with Crippen molar-refractivity contribution in [3.8, 4) is 0 Å². The Morgan fingerprint density at radius 2 is 1.95 bits per heavy atom. The molecule has 1 amide bonds. The Hall–Kier alpha value is -2.17. The van der Waals surface area contributed by atoms with E-state index >= 15 is 0 Å². The number of pyridine rings is 1. The summed E-state index contributed by atoms with van der Waals surface area (Å²) in [6, 6.07) is 3.73. The van der Waals surface area contributed by atoms with Gasteiger partial charge in [-0.1, -0.05) is 25.9 Å². The molecule has 1 N–H and O–H groups in total. The summed E-state index contributed by atoms with van der Waals surface area (Å²) < 4.78 is 5.17. The smallest absolute Gasteiger partial charge is 0.257 e. The van der Waals surface area contributed by atoms with Gasteiger partial charge in [0.25, 0.3) is 5.91 Å². The van der Waals surface area contributed by atoms with Crippen LogP contribution in [0.25, 0.3) is 0 Å². The highest BCUT2D eigenvalue weighted by atomic mass is 16.5. The maximum Gasteiger partial charge on any atom is 0.257 e. The van der Waals surface area contributed by atoms with Gasteiger partial charge in [0.2, 0.25) is 0 Å². The first-order chi connectivity index (χ1) is 9.39. The molecular formula is C15H19N3O2. The van der Waals surface area contributed by atoms with Crippen LogP contribution < -0.4 is 5.32 Å². The largest absolute Gasteiger partial charge is 0.361 e. The highest BCUT2D eigenvalue weighted by molar-refractivity contribution is 5.96. The summed E-state index contributed by atoms with van der Waals surface area (Å²) >= 11 is 0. The minimum absolute atomic E-state index is 0.162. The van der Waals surface area contributed by atoms with Crippen LogP contribution in [0.1, 0.15) is 48.1 Å². The highest BCUT2D eigenvalue weighted by Gasteiger charge is 2.28. The van der Waals surface area contributed by atoms with Crippen molar-refractivity contribution in [1.82, 2.24) is 15.5 Å². The van der Waals surface area contributed by atoms with E-state index in [1.807, 2.05) is 32.9 Å². The number of aryl methyl sites for hydroxylation is 1. The summed E-state index contributed by atoms with van der Waals surface area (Å²) in [4.78, 5) is 16.3. The molecule has 2 heterocycles. The number of aromatic nitrogens is 2. The Balaban J connectivity index is 2.16. The molecule has 0 bridgehead atoms. The van der Waals surface area contributed by atoms with Crippen LogP contribution in [0.2, 0.25) is 0 Å². The number of carbonyl (C=O) groups excluding carboxylic acids is 1. The molecule has 0 aliphatic rings. The first-order valence-corrected chi connectivity index (χ1v) is 6.53. The number of hydrogen-bond acceptors (Lipinski definition) is 4. The first kappa shape index (κ1) is 14.2. The molecule has 5 heteroatoms. The van der Waals surface area contributed by atoms with E-state index in [4.69, 9.17) is 4.52 Å². The van der Waals surface area contributed by atoms with Gasteiger partial charge in [0.05, 0.1) is 0 Å². The summed E-state index contributed by atoms with van der Waals surface area (Å²) in [5.41, 5.74) is 1.98. The van der Waals surface area contributed by atoms with Crippen molar-refractivity contribution in [3.05, 3.63) is 47.1 Å². The Morgan fingerprint density at radius 3 is 2.55 bits per heavy atom. The lowest BCUT2D eigenvalue weighted by molar-refractivity contribution is 0.0947. The van der Waals surface area contributed by atoms with Crippen molar-refractivity contribution in [2.45, 2.75) is 39.7 Å². The van der Waals surface area contributed by atoms with E-state index in [2.05, 4.69) is 15.5 Å². The number of hydrogen-bond donors (Lipinski definition) is 1. The molecule has 0 spiro atoms. The number of nitrogens with one attached hydrogen (secondary N) is 1. The maximum absolute atomic E-state index is 12.3. The second-order valence-corrected chi connectivity index (χ2v) is 5.75. The van der Waals surface area contributed by atoms with Crippen molar-refractivity contribution >= 4 is 5.91 Å². The van der Waals surface area contributed by atoms with Crippen LogP contribution in [0.15, 0.2) is 29.0 Å². The summed E-state index contributed by atoms with van der Waals surface area (Å²) in [5.74, 6) is 0.382. The van der Waals surface area contributed by atoms with Crippen LogP contribution in [0, 0.1) is 6.92 Å². The molecule has 0 unspecified atom stereocenters. The summed E-state index contributed by atoms with van der Waals surface area (Å²) in [7, 11) is 0. The Labute approximate surface area is 118 Å². The molecule has 2 aromatic heterocycles. The van der Waals surface area contributed by atoms with Gasteiger partial charge < -0.3 is 9.84 Å². The van der Waals surface area contributed by atoms with E-state index in [1.165, 1.54) is 0 Å². The van der Waals surface area contributed by atoms with Gasteiger partial charge in [-0.25, -0.2) is 0 Å². The molecule has 5 nitrogen and oxygen atoms in total. The normalized spacial score (nSPS) is 11.4. The predicted octanol–water partition coefficient (Wildman–Crippen LogP) is 2.61. The standard InChI is InChI=1S/C15H19N3O2/c1-10-12(13(18-20-10)15(2,3)4)14(19)17-9-11-5-7-16-8-6-11/h5-8H,9H2,1-4H3,(H,17,19). The molecule has 0 aliphatic heterocycles. The molecule has 2 aromatic rings. The van der Waals surface area contributed by atoms with Crippen LogP contribution in [0.4, 0.5) is 0 Å². The molecule has 106 valence electrons. The zero-order valence-electron chi connectivity index (χ0n) is 12.2. The lowest BCUT2D eigenvalue weighted by Crippen LogP contribution is -2.27. The number of nitrogens with zero attached hydrogens (tertiary/aromatic N) is 2. The summed E-state index contributed by atoms with van der Waals surface area (Å²) in [5, 5.41) is 6.91. The van der Waals surface area contributed by atoms with Gasteiger partial charge >= 0.3 is 0 Å². The minimum atomic E-state index is -0.235. The average Bonchev–Trinajstić information content (AvgIpc) is 2.79. The predicted molar refractivity (Wildman–Crippen MR) is 75.3 cm³/mol. The summed E-state index contributed by atoms with van der Waals surface area (Å²) in [6.07, 6.45) is 3.40.